The number of Topliss-reactive ketones (excluding diaryl/α,β-unsaturated/α-hetero) is 1. The summed E-state index contributed by atoms with van der Waals surface area (Å²) in [6, 6.07) is 13.0. The highest BCUT2D eigenvalue weighted by atomic mass is 19.1. The Balaban J connectivity index is 0.000000176. The van der Waals surface area contributed by atoms with E-state index in [1.165, 1.54) is 19.1 Å². The van der Waals surface area contributed by atoms with Crippen molar-refractivity contribution < 1.29 is 18.8 Å². The van der Waals surface area contributed by atoms with Crippen molar-refractivity contribution in [1.29, 1.82) is 0 Å². The number of benzene rings is 2. The summed E-state index contributed by atoms with van der Waals surface area (Å²) in [7, 11) is 0. The fourth-order valence-corrected chi connectivity index (χ4v) is 3.29. The zero-order valence-corrected chi connectivity index (χ0v) is 17.6. The van der Waals surface area contributed by atoms with Gasteiger partial charge in [0.2, 0.25) is 0 Å². The zero-order valence-electron chi connectivity index (χ0n) is 17.6. The predicted molar refractivity (Wildman–Crippen MR) is 117 cm³/mol. The first kappa shape index (κ1) is 22.0. The van der Waals surface area contributed by atoms with Gasteiger partial charge in [-0.1, -0.05) is 29.4 Å². The minimum Gasteiger partial charge on any atom is -0.411 e. The van der Waals surface area contributed by atoms with Gasteiger partial charge >= 0.3 is 0 Å². The van der Waals surface area contributed by atoms with Gasteiger partial charge < -0.3 is 5.21 Å². The minimum atomic E-state index is -0.356. The topological polar surface area (TPSA) is 75.4 Å². The van der Waals surface area contributed by atoms with Crippen LogP contribution in [0.4, 0.5) is 8.78 Å². The molecule has 0 amide bonds. The molecule has 2 aromatic carbocycles. The average molecular weight is 421 g/mol. The van der Waals surface area contributed by atoms with Crippen LogP contribution in [0.3, 0.4) is 0 Å². The molecule has 0 bridgehead atoms. The third-order valence-corrected chi connectivity index (χ3v) is 4.89. The number of pyridine rings is 2. The van der Waals surface area contributed by atoms with Crippen LogP contribution in [0.15, 0.2) is 53.7 Å². The van der Waals surface area contributed by atoms with Crippen LogP contribution in [-0.2, 0) is 0 Å². The number of aryl methyl sites for hydroxylation is 2. The summed E-state index contributed by atoms with van der Waals surface area (Å²) in [5, 5.41) is 13.2. The van der Waals surface area contributed by atoms with Gasteiger partial charge in [-0.2, -0.15) is 0 Å². The Hall–Kier alpha value is -3.74. The summed E-state index contributed by atoms with van der Waals surface area (Å²) in [5.74, 6) is -0.748. The summed E-state index contributed by atoms with van der Waals surface area (Å²) >= 11 is 0. The molecule has 7 heteroatoms. The van der Waals surface area contributed by atoms with Crippen LogP contribution in [0, 0.1) is 25.5 Å². The first-order chi connectivity index (χ1) is 14.7. The number of oxime groups is 1. The third-order valence-electron chi connectivity index (χ3n) is 4.89. The van der Waals surface area contributed by atoms with Crippen LogP contribution in [0.25, 0.3) is 21.8 Å². The number of hydrogen-bond acceptors (Lipinski definition) is 5. The maximum Gasteiger partial charge on any atom is 0.161 e. The van der Waals surface area contributed by atoms with E-state index in [9.17, 15) is 13.6 Å². The van der Waals surface area contributed by atoms with E-state index in [4.69, 9.17) is 5.21 Å². The maximum absolute atomic E-state index is 13.4. The lowest BCUT2D eigenvalue weighted by Crippen LogP contribution is -2.01. The Morgan fingerprint density at radius 2 is 1.29 bits per heavy atom. The number of halogens is 2. The first-order valence-corrected chi connectivity index (χ1v) is 9.54. The molecule has 0 saturated heterocycles. The van der Waals surface area contributed by atoms with Crippen LogP contribution in [0.2, 0.25) is 0 Å². The fraction of sp³-hybridized carbons (Fsp3) is 0.167. The van der Waals surface area contributed by atoms with Gasteiger partial charge in [-0.15, -0.1) is 0 Å². The molecule has 4 rings (SSSR count). The van der Waals surface area contributed by atoms with E-state index >= 15 is 0 Å². The van der Waals surface area contributed by atoms with Crippen molar-refractivity contribution in [1.82, 2.24) is 9.97 Å². The van der Waals surface area contributed by atoms with E-state index in [0.717, 1.165) is 5.56 Å². The lowest BCUT2D eigenvalue weighted by Gasteiger charge is -2.06. The number of ketones is 1. The lowest BCUT2D eigenvalue weighted by molar-refractivity contribution is 0.101. The van der Waals surface area contributed by atoms with Crippen molar-refractivity contribution in [3.05, 3.63) is 82.7 Å². The number of fused-ring (bicyclic) bond motifs is 2. The van der Waals surface area contributed by atoms with Gasteiger partial charge in [-0.3, -0.25) is 4.79 Å². The molecule has 31 heavy (non-hydrogen) atoms. The van der Waals surface area contributed by atoms with Gasteiger partial charge in [-0.05, 0) is 52.0 Å². The lowest BCUT2D eigenvalue weighted by atomic mass is 10.1. The highest BCUT2D eigenvalue weighted by Gasteiger charge is 2.10. The van der Waals surface area contributed by atoms with Crippen molar-refractivity contribution in [2.45, 2.75) is 27.7 Å². The molecule has 2 heterocycles. The van der Waals surface area contributed by atoms with Gasteiger partial charge in [0.15, 0.2) is 5.78 Å². The van der Waals surface area contributed by atoms with Crippen molar-refractivity contribution >= 4 is 33.3 Å². The van der Waals surface area contributed by atoms with Crippen LogP contribution in [0.1, 0.15) is 41.2 Å². The molecule has 0 aliphatic heterocycles. The molecule has 0 unspecified atom stereocenters. The number of hydrogen-bond donors (Lipinski definition) is 1. The smallest absolute Gasteiger partial charge is 0.161 e. The average Bonchev–Trinajstić information content (AvgIpc) is 2.74. The standard InChI is InChI=1S/C12H11FN2O.C12H10FNO/c1-7-10(8(2)15-16)6-9-4-3-5-11(13)12(9)14-7;1-7-10(8(2)15)6-9-4-3-5-11(13)12(9)14-7/h3-6,16H,1-2H3;3-6H,1-2H3/b15-8+;. The fourth-order valence-electron chi connectivity index (χ4n) is 3.29. The number of carbonyl (C=O) groups excluding carboxylic acids is 1. The highest BCUT2D eigenvalue weighted by molar-refractivity contribution is 6.02. The molecule has 0 fully saturated rings. The van der Waals surface area contributed by atoms with Crippen molar-refractivity contribution in [2.24, 2.45) is 5.16 Å². The Kier molecular flexibility index (Phi) is 6.34. The van der Waals surface area contributed by atoms with E-state index in [1.54, 1.807) is 57.2 Å². The minimum absolute atomic E-state index is 0.0499. The molecular formula is C24H21F2N3O2. The molecule has 0 radical (unpaired) electrons. The zero-order chi connectivity index (χ0) is 22.7. The van der Waals surface area contributed by atoms with Gasteiger partial charge in [-0.25, -0.2) is 18.7 Å². The summed E-state index contributed by atoms with van der Waals surface area (Å²) in [6.45, 7) is 6.63. The van der Waals surface area contributed by atoms with E-state index < -0.39 is 0 Å². The number of para-hydroxylation sites is 2. The Morgan fingerprint density at radius 1 is 0.839 bits per heavy atom. The van der Waals surface area contributed by atoms with Gasteiger partial charge in [0.25, 0.3) is 0 Å². The number of aromatic nitrogens is 2. The summed E-state index contributed by atoms with van der Waals surface area (Å²) in [5.41, 5.74) is 3.62. The van der Waals surface area contributed by atoms with E-state index in [2.05, 4.69) is 15.1 Å². The highest BCUT2D eigenvalue weighted by Crippen LogP contribution is 2.20. The number of carbonyl (C=O) groups is 1. The second-order valence-electron chi connectivity index (χ2n) is 7.11. The largest absolute Gasteiger partial charge is 0.411 e. The third kappa shape index (κ3) is 4.55. The van der Waals surface area contributed by atoms with Crippen LogP contribution in [0.5, 0.6) is 0 Å². The molecule has 0 aliphatic carbocycles. The maximum atomic E-state index is 13.4. The normalized spacial score (nSPS) is 11.4. The predicted octanol–water partition coefficient (Wildman–Crippen LogP) is 5.77. The molecule has 5 nitrogen and oxygen atoms in total. The van der Waals surface area contributed by atoms with Crippen molar-refractivity contribution in [3.8, 4) is 0 Å². The van der Waals surface area contributed by atoms with E-state index in [0.29, 0.717) is 44.5 Å². The van der Waals surface area contributed by atoms with Crippen LogP contribution in [-0.4, -0.2) is 26.7 Å². The van der Waals surface area contributed by atoms with Crippen LogP contribution >= 0.6 is 0 Å². The second kappa shape index (κ2) is 8.95. The molecule has 0 aliphatic rings. The van der Waals surface area contributed by atoms with E-state index in [-0.39, 0.29) is 17.4 Å². The van der Waals surface area contributed by atoms with Crippen LogP contribution < -0.4 is 0 Å². The molecule has 0 atom stereocenters. The van der Waals surface area contributed by atoms with Gasteiger partial charge in [0.05, 0.1) is 5.71 Å². The quantitative estimate of drug-likeness (QED) is 0.193. The molecular weight excluding hydrogens is 400 g/mol. The molecule has 0 saturated carbocycles. The monoisotopic (exact) mass is 421 g/mol. The van der Waals surface area contributed by atoms with Crippen molar-refractivity contribution in [3.63, 3.8) is 0 Å². The summed E-state index contributed by atoms with van der Waals surface area (Å²) < 4.78 is 26.8. The SMILES string of the molecule is C/C(=N\O)c1cc2cccc(F)c2nc1C.CC(=O)c1cc2cccc(F)c2nc1C. The van der Waals surface area contributed by atoms with Gasteiger partial charge in [0.1, 0.15) is 22.7 Å². The number of rotatable bonds is 2. The summed E-state index contributed by atoms with van der Waals surface area (Å²) in [6.07, 6.45) is 0. The Labute approximate surface area is 178 Å². The van der Waals surface area contributed by atoms with E-state index in [1.807, 2.05) is 0 Å². The summed E-state index contributed by atoms with van der Waals surface area (Å²) in [4.78, 5) is 19.5. The molecule has 0 spiro atoms. The number of nitrogens with zero attached hydrogens (tertiary/aromatic N) is 3. The second-order valence-corrected chi connectivity index (χ2v) is 7.11. The molecule has 2 aromatic heterocycles. The molecule has 158 valence electrons. The first-order valence-electron chi connectivity index (χ1n) is 9.54. The van der Waals surface area contributed by atoms with Gasteiger partial charge in [0, 0.05) is 33.3 Å². The van der Waals surface area contributed by atoms with Crippen molar-refractivity contribution in [2.75, 3.05) is 0 Å². The molecule has 1 N–H and O–H groups in total. The Bertz CT molecular complexity index is 1330. The molecule has 4 aromatic rings. The Morgan fingerprint density at radius 3 is 1.74 bits per heavy atom.